The topological polar surface area (TPSA) is 58.2 Å². The molecule has 2 aromatic carbocycles. The number of hydrogen-bond donors (Lipinski definition) is 2. The third-order valence-corrected chi connectivity index (χ3v) is 5.67. The van der Waals surface area contributed by atoms with E-state index in [-0.39, 0.29) is 23.7 Å². The Balaban J connectivity index is 1.61. The first kappa shape index (κ1) is 21.1. The number of hydrogen-bond acceptors (Lipinski definition) is 2. The lowest BCUT2D eigenvalue weighted by Gasteiger charge is -2.20. The molecule has 0 bridgehead atoms. The van der Waals surface area contributed by atoms with Gasteiger partial charge in [0.25, 0.3) is 0 Å². The van der Waals surface area contributed by atoms with Crippen LogP contribution in [0.25, 0.3) is 0 Å². The monoisotopic (exact) mass is 392 g/mol. The lowest BCUT2D eigenvalue weighted by atomic mass is 9.92. The summed E-state index contributed by atoms with van der Waals surface area (Å²) in [7, 11) is 0. The Morgan fingerprint density at radius 1 is 0.897 bits per heavy atom. The van der Waals surface area contributed by atoms with Crippen molar-refractivity contribution in [2.24, 2.45) is 11.8 Å². The summed E-state index contributed by atoms with van der Waals surface area (Å²) in [5.74, 6) is 0.0819. The molecule has 4 heteroatoms. The van der Waals surface area contributed by atoms with Gasteiger partial charge in [-0.3, -0.25) is 9.59 Å². The Kier molecular flexibility index (Phi) is 6.41. The van der Waals surface area contributed by atoms with Crippen LogP contribution in [-0.4, -0.2) is 11.8 Å². The first-order chi connectivity index (χ1) is 13.8. The van der Waals surface area contributed by atoms with Gasteiger partial charge in [-0.2, -0.15) is 0 Å². The third kappa shape index (κ3) is 5.06. The second-order valence-corrected chi connectivity index (χ2v) is 8.76. The lowest BCUT2D eigenvalue weighted by Crippen LogP contribution is -2.27. The van der Waals surface area contributed by atoms with E-state index in [4.69, 9.17) is 0 Å². The summed E-state index contributed by atoms with van der Waals surface area (Å²) in [4.78, 5) is 25.3. The summed E-state index contributed by atoms with van der Waals surface area (Å²) in [5, 5.41) is 6.12. The summed E-state index contributed by atoms with van der Waals surface area (Å²) in [6.07, 6.45) is 0.617. The zero-order chi connectivity index (χ0) is 21.1. The van der Waals surface area contributed by atoms with Gasteiger partial charge >= 0.3 is 0 Å². The van der Waals surface area contributed by atoms with Gasteiger partial charge in [-0.15, -0.1) is 0 Å². The first-order valence-electron chi connectivity index (χ1n) is 10.5. The molecule has 0 spiro atoms. The number of anilines is 1. The average molecular weight is 393 g/mol. The fourth-order valence-electron chi connectivity index (χ4n) is 3.71. The van der Waals surface area contributed by atoms with Crippen LogP contribution in [0.1, 0.15) is 68.2 Å². The van der Waals surface area contributed by atoms with Crippen LogP contribution in [-0.2, 0) is 16.1 Å². The van der Waals surface area contributed by atoms with E-state index < -0.39 is 0 Å². The molecule has 0 aliphatic heterocycles. The molecule has 2 atom stereocenters. The van der Waals surface area contributed by atoms with Crippen molar-refractivity contribution < 1.29 is 9.59 Å². The zero-order valence-electron chi connectivity index (χ0n) is 18.1. The van der Waals surface area contributed by atoms with Crippen molar-refractivity contribution in [2.75, 3.05) is 5.32 Å². The smallest absolute Gasteiger partial charge is 0.228 e. The number of para-hydroxylation sites is 1. The van der Waals surface area contributed by atoms with E-state index in [9.17, 15) is 9.59 Å². The van der Waals surface area contributed by atoms with E-state index in [1.54, 1.807) is 0 Å². The van der Waals surface area contributed by atoms with Crippen LogP contribution in [0.2, 0.25) is 0 Å². The Labute approximate surface area is 174 Å². The Morgan fingerprint density at radius 3 is 2.00 bits per heavy atom. The van der Waals surface area contributed by atoms with Crippen LogP contribution in [0.3, 0.4) is 0 Å². The largest absolute Gasteiger partial charge is 0.352 e. The fraction of sp³-hybridized carbons (Fsp3) is 0.440. The van der Waals surface area contributed by atoms with Crippen LogP contribution in [0.5, 0.6) is 0 Å². The molecule has 3 rings (SSSR count). The molecule has 2 unspecified atom stereocenters. The highest BCUT2D eigenvalue weighted by molar-refractivity contribution is 6.00. The molecular weight excluding hydrogens is 360 g/mol. The van der Waals surface area contributed by atoms with Gasteiger partial charge < -0.3 is 10.6 Å². The number of aryl methyl sites for hydroxylation is 1. The van der Waals surface area contributed by atoms with Gasteiger partial charge in [0.05, 0.1) is 11.8 Å². The van der Waals surface area contributed by atoms with Crippen molar-refractivity contribution >= 4 is 17.5 Å². The quantitative estimate of drug-likeness (QED) is 0.686. The number of amides is 2. The predicted molar refractivity (Wildman–Crippen MR) is 118 cm³/mol. The van der Waals surface area contributed by atoms with Gasteiger partial charge in [0.15, 0.2) is 0 Å². The molecule has 1 aliphatic carbocycles. The zero-order valence-corrected chi connectivity index (χ0v) is 18.1. The van der Waals surface area contributed by atoms with Crippen molar-refractivity contribution in [1.29, 1.82) is 0 Å². The van der Waals surface area contributed by atoms with Crippen LogP contribution in [0.15, 0.2) is 42.5 Å². The van der Waals surface area contributed by atoms with Gasteiger partial charge in [0, 0.05) is 12.2 Å². The summed E-state index contributed by atoms with van der Waals surface area (Å²) in [6.45, 7) is 11.1. The molecule has 1 saturated carbocycles. The standard InChI is InChI=1S/C25H32N2O2/c1-15(2)19-7-6-8-20(16(3)4)23(19)27-25(29)22-13-21(22)24(28)26-14-18-11-9-17(5)10-12-18/h6-12,15-16,21-22H,13-14H2,1-5H3,(H,26,28)(H,27,29). The average Bonchev–Trinajstić information content (AvgIpc) is 3.48. The van der Waals surface area contributed by atoms with Gasteiger partial charge in [0.2, 0.25) is 11.8 Å². The minimum absolute atomic E-state index is 0.0352. The number of carbonyl (C=O) groups excluding carboxylic acids is 2. The Morgan fingerprint density at radius 2 is 1.45 bits per heavy atom. The summed E-state index contributed by atoms with van der Waals surface area (Å²) < 4.78 is 0. The van der Waals surface area contributed by atoms with Crippen molar-refractivity contribution in [1.82, 2.24) is 5.32 Å². The van der Waals surface area contributed by atoms with Gasteiger partial charge in [0.1, 0.15) is 0 Å². The van der Waals surface area contributed by atoms with Gasteiger partial charge in [-0.25, -0.2) is 0 Å². The maximum Gasteiger partial charge on any atom is 0.228 e. The molecule has 0 radical (unpaired) electrons. The van der Waals surface area contributed by atoms with Crippen LogP contribution in [0, 0.1) is 18.8 Å². The van der Waals surface area contributed by atoms with Crippen molar-refractivity contribution in [3.63, 3.8) is 0 Å². The Bertz CT molecular complexity index is 858. The second-order valence-electron chi connectivity index (χ2n) is 8.76. The normalized spacial score (nSPS) is 18.0. The van der Waals surface area contributed by atoms with E-state index >= 15 is 0 Å². The van der Waals surface area contributed by atoms with Crippen LogP contribution >= 0.6 is 0 Å². The number of carbonyl (C=O) groups is 2. The van der Waals surface area contributed by atoms with Gasteiger partial charge in [-0.05, 0) is 41.9 Å². The van der Waals surface area contributed by atoms with Crippen molar-refractivity contribution in [3.8, 4) is 0 Å². The number of benzene rings is 2. The molecule has 1 fully saturated rings. The number of nitrogens with one attached hydrogen (secondary N) is 2. The fourth-order valence-corrected chi connectivity index (χ4v) is 3.71. The summed E-state index contributed by atoms with van der Waals surface area (Å²) >= 11 is 0. The third-order valence-electron chi connectivity index (χ3n) is 5.67. The molecule has 2 N–H and O–H groups in total. The molecule has 29 heavy (non-hydrogen) atoms. The number of rotatable bonds is 7. The van der Waals surface area contributed by atoms with E-state index in [0.29, 0.717) is 24.8 Å². The highest BCUT2D eigenvalue weighted by Gasteiger charge is 2.48. The minimum Gasteiger partial charge on any atom is -0.352 e. The highest BCUT2D eigenvalue weighted by Crippen LogP contribution is 2.41. The maximum atomic E-state index is 12.9. The molecule has 1 aliphatic rings. The molecule has 2 aromatic rings. The van der Waals surface area contributed by atoms with Crippen molar-refractivity contribution in [3.05, 3.63) is 64.7 Å². The molecule has 4 nitrogen and oxygen atoms in total. The molecule has 0 saturated heterocycles. The molecule has 154 valence electrons. The minimum atomic E-state index is -0.242. The van der Waals surface area contributed by atoms with E-state index in [1.807, 2.05) is 31.2 Å². The maximum absolute atomic E-state index is 12.9. The second kappa shape index (κ2) is 8.81. The van der Waals surface area contributed by atoms with Crippen molar-refractivity contribution in [2.45, 2.75) is 59.4 Å². The highest BCUT2D eigenvalue weighted by atomic mass is 16.2. The van der Waals surface area contributed by atoms with E-state index in [0.717, 1.165) is 22.4 Å². The summed E-state index contributed by atoms with van der Waals surface area (Å²) in [6, 6.07) is 14.3. The Hall–Kier alpha value is -2.62. The predicted octanol–water partition coefficient (Wildman–Crippen LogP) is 5.13. The molecule has 0 aromatic heterocycles. The molecule has 2 amide bonds. The molecular formula is C25H32N2O2. The van der Waals surface area contributed by atoms with E-state index in [2.05, 4.69) is 56.5 Å². The SMILES string of the molecule is Cc1ccc(CNC(=O)C2CC2C(=O)Nc2c(C(C)C)cccc2C(C)C)cc1. The summed E-state index contributed by atoms with van der Waals surface area (Å²) in [5.41, 5.74) is 5.48. The lowest BCUT2D eigenvalue weighted by molar-refractivity contribution is -0.125. The van der Waals surface area contributed by atoms with Gasteiger partial charge in [-0.1, -0.05) is 75.7 Å². The molecule has 0 heterocycles. The van der Waals surface area contributed by atoms with Crippen LogP contribution < -0.4 is 10.6 Å². The van der Waals surface area contributed by atoms with E-state index in [1.165, 1.54) is 5.56 Å². The first-order valence-corrected chi connectivity index (χ1v) is 10.5. The van der Waals surface area contributed by atoms with Crippen LogP contribution in [0.4, 0.5) is 5.69 Å².